The Labute approximate surface area is 108 Å². The molecule has 4 nitrogen and oxygen atoms in total. The normalized spacial score (nSPS) is 10.2. The van der Waals surface area contributed by atoms with E-state index >= 15 is 0 Å². The fourth-order valence-electron chi connectivity index (χ4n) is 1.63. The van der Waals surface area contributed by atoms with Gasteiger partial charge in [-0.2, -0.15) is 0 Å². The Balaban J connectivity index is 2.80. The van der Waals surface area contributed by atoms with Gasteiger partial charge < -0.3 is 9.64 Å². The topological polar surface area (TPSA) is 46.6 Å². The lowest BCUT2D eigenvalue weighted by Gasteiger charge is -2.18. The molecule has 1 amide bonds. The molecule has 0 atom stereocenters. The maximum Gasteiger partial charge on any atom is 0.254 e. The van der Waals surface area contributed by atoms with Crippen LogP contribution in [0.5, 0.6) is 0 Å². The summed E-state index contributed by atoms with van der Waals surface area (Å²) in [4.78, 5) is 25.2. The first-order chi connectivity index (χ1) is 8.57. The van der Waals surface area contributed by atoms with Gasteiger partial charge in [0.1, 0.15) is 0 Å². The van der Waals surface area contributed by atoms with E-state index in [-0.39, 0.29) is 11.7 Å². The van der Waals surface area contributed by atoms with E-state index < -0.39 is 0 Å². The van der Waals surface area contributed by atoms with Crippen LogP contribution in [0.15, 0.2) is 24.3 Å². The maximum absolute atomic E-state index is 12.2. The third-order valence-corrected chi connectivity index (χ3v) is 2.66. The highest BCUT2D eigenvalue weighted by Gasteiger charge is 2.17. The highest BCUT2D eigenvalue weighted by Crippen LogP contribution is 2.11. The second-order valence-electron chi connectivity index (χ2n) is 4.03. The van der Waals surface area contributed by atoms with Crippen molar-refractivity contribution in [3.8, 4) is 0 Å². The molecule has 1 rings (SSSR count). The van der Waals surface area contributed by atoms with Gasteiger partial charge in [0.05, 0.1) is 12.2 Å². The summed E-state index contributed by atoms with van der Waals surface area (Å²) in [6.07, 6.45) is 0. The molecule has 1 aromatic rings. The molecule has 0 radical (unpaired) electrons. The smallest absolute Gasteiger partial charge is 0.254 e. The molecule has 0 unspecified atom stereocenters. The van der Waals surface area contributed by atoms with Crippen LogP contribution in [-0.4, -0.2) is 43.4 Å². The van der Waals surface area contributed by atoms with E-state index in [1.165, 1.54) is 6.92 Å². The molecule has 0 aliphatic carbocycles. The van der Waals surface area contributed by atoms with Crippen LogP contribution in [-0.2, 0) is 4.74 Å². The van der Waals surface area contributed by atoms with Crippen molar-refractivity contribution in [2.75, 3.05) is 26.8 Å². The molecule has 4 heteroatoms. The summed E-state index contributed by atoms with van der Waals surface area (Å²) in [6.45, 7) is 5.02. The summed E-state index contributed by atoms with van der Waals surface area (Å²) in [5.74, 6) is -0.252. The lowest BCUT2D eigenvalue weighted by molar-refractivity contribution is 0.0706. The predicted molar refractivity (Wildman–Crippen MR) is 69.9 cm³/mol. The van der Waals surface area contributed by atoms with E-state index in [1.54, 1.807) is 36.2 Å². The molecular weight excluding hydrogens is 230 g/mol. The number of amides is 1. The second kappa shape index (κ2) is 6.91. The number of ether oxygens (including phenoxy) is 1. The summed E-state index contributed by atoms with van der Waals surface area (Å²) in [5.41, 5.74) is 0.912. The summed E-state index contributed by atoms with van der Waals surface area (Å²) >= 11 is 0. The largest absolute Gasteiger partial charge is 0.380 e. The molecule has 0 saturated carbocycles. The number of carbonyl (C=O) groups is 2. The van der Waals surface area contributed by atoms with Crippen LogP contribution in [0.1, 0.15) is 34.6 Å². The molecule has 0 bridgehead atoms. The number of rotatable bonds is 6. The molecule has 0 aliphatic rings. The van der Waals surface area contributed by atoms with Crippen LogP contribution in [0.3, 0.4) is 0 Å². The quantitative estimate of drug-likeness (QED) is 0.572. The molecule has 0 N–H and O–H groups in total. The Morgan fingerprint density at radius 3 is 2.39 bits per heavy atom. The third-order valence-electron chi connectivity index (χ3n) is 2.66. The van der Waals surface area contributed by atoms with Gasteiger partial charge in [0.2, 0.25) is 0 Å². The van der Waals surface area contributed by atoms with Gasteiger partial charge in [-0.1, -0.05) is 18.2 Å². The van der Waals surface area contributed by atoms with Crippen LogP contribution in [0.2, 0.25) is 0 Å². The average molecular weight is 249 g/mol. The number of carbonyl (C=O) groups excluding carboxylic acids is 2. The number of nitrogens with zero attached hydrogens (tertiary/aromatic N) is 1. The zero-order valence-corrected chi connectivity index (χ0v) is 11.1. The highest BCUT2D eigenvalue weighted by atomic mass is 16.5. The van der Waals surface area contributed by atoms with Crippen molar-refractivity contribution in [2.24, 2.45) is 0 Å². The van der Waals surface area contributed by atoms with Gasteiger partial charge in [0.25, 0.3) is 5.91 Å². The monoisotopic (exact) mass is 249 g/mol. The second-order valence-corrected chi connectivity index (χ2v) is 4.03. The number of hydrogen-bond acceptors (Lipinski definition) is 3. The third kappa shape index (κ3) is 3.67. The van der Waals surface area contributed by atoms with Crippen LogP contribution in [0.25, 0.3) is 0 Å². The lowest BCUT2D eigenvalue weighted by atomic mass is 10.0. The molecule has 1 aromatic carbocycles. The molecule has 0 heterocycles. The van der Waals surface area contributed by atoms with Crippen molar-refractivity contribution in [3.63, 3.8) is 0 Å². The first-order valence-corrected chi connectivity index (χ1v) is 6.01. The van der Waals surface area contributed by atoms with Crippen LogP contribution in [0, 0.1) is 0 Å². The summed E-state index contributed by atoms with van der Waals surface area (Å²) in [7, 11) is 1.71. The fourth-order valence-corrected chi connectivity index (χ4v) is 1.63. The Morgan fingerprint density at radius 2 is 1.83 bits per heavy atom. The Bertz CT molecular complexity index is 429. The van der Waals surface area contributed by atoms with Gasteiger partial charge in [0.15, 0.2) is 5.78 Å². The maximum atomic E-state index is 12.2. The molecule has 0 aromatic heterocycles. The molecule has 0 saturated heterocycles. The standard InChI is InChI=1S/C14H19NO3/c1-4-18-10-9-15(3)14(17)13-8-6-5-7-12(13)11(2)16/h5-8H,4,9-10H2,1-3H3. The van der Waals surface area contributed by atoms with Crippen LogP contribution in [0.4, 0.5) is 0 Å². The fraction of sp³-hybridized carbons (Fsp3) is 0.429. The average Bonchev–Trinajstić information content (AvgIpc) is 2.38. The SMILES string of the molecule is CCOCCN(C)C(=O)c1ccccc1C(C)=O. The first kappa shape index (κ1) is 14.4. The van der Waals surface area contributed by atoms with Gasteiger partial charge in [-0.05, 0) is 19.9 Å². The number of likely N-dealkylation sites (N-methyl/N-ethyl adjacent to an activating group) is 1. The number of Topliss-reactive ketones (excluding diaryl/α,β-unsaturated/α-hetero) is 1. The van der Waals surface area contributed by atoms with E-state index in [0.717, 1.165) is 0 Å². The first-order valence-electron chi connectivity index (χ1n) is 6.01. The van der Waals surface area contributed by atoms with Gasteiger partial charge in [-0.25, -0.2) is 0 Å². The molecule has 98 valence electrons. The predicted octanol–water partition coefficient (Wildman–Crippen LogP) is 2.00. The molecular formula is C14H19NO3. The summed E-state index contributed by atoms with van der Waals surface area (Å²) in [5, 5.41) is 0. The van der Waals surface area contributed by atoms with Crippen molar-refractivity contribution < 1.29 is 14.3 Å². The van der Waals surface area contributed by atoms with E-state index in [9.17, 15) is 9.59 Å². The molecule has 0 spiro atoms. The van der Waals surface area contributed by atoms with Crippen molar-refractivity contribution in [3.05, 3.63) is 35.4 Å². The minimum absolute atomic E-state index is 0.0999. The number of hydrogen-bond donors (Lipinski definition) is 0. The van der Waals surface area contributed by atoms with E-state index in [1.807, 2.05) is 6.92 Å². The number of benzene rings is 1. The van der Waals surface area contributed by atoms with Crippen molar-refractivity contribution in [2.45, 2.75) is 13.8 Å². The summed E-state index contributed by atoms with van der Waals surface area (Å²) < 4.78 is 5.21. The van der Waals surface area contributed by atoms with E-state index in [0.29, 0.717) is 30.9 Å². The Kier molecular flexibility index (Phi) is 5.52. The molecule has 18 heavy (non-hydrogen) atoms. The van der Waals surface area contributed by atoms with Crippen molar-refractivity contribution in [1.29, 1.82) is 0 Å². The molecule has 0 fully saturated rings. The minimum Gasteiger partial charge on any atom is -0.380 e. The number of ketones is 1. The van der Waals surface area contributed by atoms with E-state index in [2.05, 4.69) is 0 Å². The minimum atomic E-state index is -0.152. The van der Waals surface area contributed by atoms with E-state index in [4.69, 9.17) is 4.74 Å². The van der Waals surface area contributed by atoms with Gasteiger partial charge in [-0.15, -0.1) is 0 Å². The summed E-state index contributed by atoms with van der Waals surface area (Å²) in [6, 6.07) is 6.87. The lowest BCUT2D eigenvalue weighted by Crippen LogP contribution is -2.31. The van der Waals surface area contributed by atoms with Crippen molar-refractivity contribution in [1.82, 2.24) is 4.90 Å². The van der Waals surface area contributed by atoms with Gasteiger partial charge in [0, 0.05) is 25.8 Å². The van der Waals surface area contributed by atoms with Gasteiger partial charge >= 0.3 is 0 Å². The van der Waals surface area contributed by atoms with Crippen molar-refractivity contribution >= 4 is 11.7 Å². The highest BCUT2D eigenvalue weighted by molar-refractivity contribution is 6.07. The zero-order chi connectivity index (χ0) is 13.5. The zero-order valence-electron chi connectivity index (χ0n) is 11.1. The van der Waals surface area contributed by atoms with Crippen LogP contribution < -0.4 is 0 Å². The molecule has 0 aliphatic heterocycles. The Hall–Kier alpha value is -1.68. The van der Waals surface area contributed by atoms with Gasteiger partial charge in [-0.3, -0.25) is 9.59 Å². The van der Waals surface area contributed by atoms with Crippen LogP contribution >= 0.6 is 0 Å². The Morgan fingerprint density at radius 1 is 1.22 bits per heavy atom.